The van der Waals surface area contributed by atoms with Crippen LogP contribution in [0, 0.1) is 5.92 Å². The second-order valence-electron chi connectivity index (χ2n) is 4.39. The third kappa shape index (κ3) is 4.18. The molecule has 3 unspecified atom stereocenters. The Morgan fingerprint density at radius 1 is 1.60 bits per heavy atom. The molecule has 0 radical (unpaired) electrons. The van der Waals surface area contributed by atoms with Crippen LogP contribution in [0.2, 0.25) is 0 Å². The van der Waals surface area contributed by atoms with Gasteiger partial charge in [0, 0.05) is 26.1 Å². The van der Waals surface area contributed by atoms with Crippen LogP contribution in [0.5, 0.6) is 0 Å². The Morgan fingerprint density at radius 2 is 2.33 bits per heavy atom. The summed E-state index contributed by atoms with van der Waals surface area (Å²) in [5.74, 6) is 0.674. The van der Waals surface area contributed by atoms with E-state index in [1.54, 1.807) is 7.11 Å². The molecule has 0 aromatic rings. The van der Waals surface area contributed by atoms with Gasteiger partial charge in [-0.25, -0.2) is 0 Å². The first-order chi connectivity index (χ1) is 7.13. The van der Waals surface area contributed by atoms with E-state index >= 15 is 0 Å². The Balaban J connectivity index is 2.18. The predicted octanol–water partition coefficient (Wildman–Crippen LogP) is 0.526. The first-order valence-corrected chi connectivity index (χ1v) is 5.66. The normalized spacial score (nSPS) is 27.7. The summed E-state index contributed by atoms with van der Waals surface area (Å²) in [6.07, 6.45) is 1.50. The van der Waals surface area contributed by atoms with E-state index in [0.717, 1.165) is 19.5 Å². The van der Waals surface area contributed by atoms with Crippen LogP contribution in [0.25, 0.3) is 0 Å². The highest BCUT2D eigenvalue weighted by Crippen LogP contribution is 2.08. The number of methoxy groups -OCH3 is 1. The fourth-order valence-corrected chi connectivity index (χ4v) is 1.73. The molecule has 0 bridgehead atoms. The minimum atomic E-state index is 0.138. The molecule has 88 valence electrons. The molecule has 1 amide bonds. The Bertz CT molecular complexity index is 209. The molecule has 15 heavy (non-hydrogen) atoms. The first-order valence-electron chi connectivity index (χ1n) is 5.66. The standard InChI is InChI=1S/C11H22N2O2/c1-8-6-12-7-10(8)13-11(14)5-4-9(2)15-3/h8-10,12H,4-7H2,1-3H3,(H,13,14). The lowest BCUT2D eigenvalue weighted by atomic mass is 10.1. The van der Waals surface area contributed by atoms with E-state index in [4.69, 9.17) is 4.74 Å². The fourth-order valence-electron chi connectivity index (χ4n) is 1.73. The van der Waals surface area contributed by atoms with Gasteiger partial charge in [0.2, 0.25) is 5.91 Å². The van der Waals surface area contributed by atoms with Gasteiger partial charge in [0.05, 0.1) is 6.10 Å². The van der Waals surface area contributed by atoms with Crippen LogP contribution < -0.4 is 10.6 Å². The fraction of sp³-hybridized carbons (Fsp3) is 0.909. The first kappa shape index (κ1) is 12.5. The molecule has 1 aliphatic rings. The molecule has 4 nitrogen and oxygen atoms in total. The maximum atomic E-state index is 11.6. The Labute approximate surface area is 91.8 Å². The number of amides is 1. The molecular formula is C11H22N2O2. The predicted molar refractivity (Wildman–Crippen MR) is 59.7 cm³/mol. The lowest BCUT2D eigenvalue weighted by molar-refractivity contribution is -0.122. The van der Waals surface area contributed by atoms with E-state index < -0.39 is 0 Å². The van der Waals surface area contributed by atoms with Crippen LogP contribution in [0.1, 0.15) is 26.7 Å². The average Bonchev–Trinajstić information content (AvgIpc) is 2.61. The SMILES string of the molecule is COC(C)CCC(=O)NC1CNCC1C. The molecule has 1 saturated heterocycles. The van der Waals surface area contributed by atoms with Crippen LogP contribution in [0.15, 0.2) is 0 Å². The van der Waals surface area contributed by atoms with Gasteiger partial charge in [-0.05, 0) is 25.8 Å². The van der Waals surface area contributed by atoms with E-state index in [-0.39, 0.29) is 12.0 Å². The van der Waals surface area contributed by atoms with Crippen molar-refractivity contribution in [2.24, 2.45) is 5.92 Å². The molecule has 2 N–H and O–H groups in total. The topological polar surface area (TPSA) is 50.4 Å². The highest BCUT2D eigenvalue weighted by Gasteiger charge is 2.24. The van der Waals surface area contributed by atoms with Crippen molar-refractivity contribution >= 4 is 5.91 Å². The summed E-state index contributed by atoms with van der Waals surface area (Å²) in [6.45, 7) is 6.03. The van der Waals surface area contributed by atoms with Gasteiger partial charge in [0.15, 0.2) is 0 Å². The number of rotatable bonds is 5. The summed E-state index contributed by atoms with van der Waals surface area (Å²) in [7, 11) is 1.67. The van der Waals surface area contributed by atoms with Crippen molar-refractivity contribution in [3.8, 4) is 0 Å². The maximum absolute atomic E-state index is 11.6. The molecule has 0 aromatic carbocycles. The summed E-state index contributed by atoms with van der Waals surface area (Å²) in [4.78, 5) is 11.6. The molecule has 0 spiro atoms. The second-order valence-corrected chi connectivity index (χ2v) is 4.39. The quantitative estimate of drug-likeness (QED) is 0.701. The third-order valence-electron chi connectivity index (χ3n) is 3.04. The number of carbonyl (C=O) groups is 1. The largest absolute Gasteiger partial charge is 0.382 e. The lowest BCUT2D eigenvalue weighted by Gasteiger charge is -2.16. The van der Waals surface area contributed by atoms with Crippen LogP contribution >= 0.6 is 0 Å². The smallest absolute Gasteiger partial charge is 0.220 e. The van der Waals surface area contributed by atoms with E-state index in [2.05, 4.69) is 17.6 Å². The molecule has 1 heterocycles. The molecule has 0 aliphatic carbocycles. The minimum absolute atomic E-state index is 0.138. The zero-order valence-corrected chi connectivity index (χ0v) is 9.88. The van der Waals surface area contributed by atoms with Crippen molar-refractivity contribution in [3.05, 3.63) is 0 Å². The molecule has 0 aromatic heterocycles. The van der Waals surface area contributed by atoms with Gasteiger partial charge < -0.3 is 15.4 Å². The highest BCUT2D eigenvalue weighted by molar-refractivity contribution is 5.76. The van der Waals surface area contributed by atoms with Gasteiger partial charge in [0.1, 0.15) is 0 Å². The number of hydrogen-bond donors (Lipinski definition) is 2. The summed E-state index contributed by atoms with van der Waals surface area (Å²) >= 11 is 0. The van der Waals surface area contributed by atoms with Crippen molar-refractivity contribution in [2.45, 2.75) is 38.8 Å². The van der Waals surface area contributed by atoms with E-state index in [1.807, 2.05) is 6.92 Å². The number of ether oxygens (including phenoxy) is 1. The number of nitrogens with one attached hydrogen (secondary N) is 2. The van der Waals surface area contributed by atoms with Crippen molar-refractivity contribution in [2.75, 3.05) is 20.2 Å². The van der Waals surface area contributed by atoms with Gasteiger partial charge in [-0.2, -0.15) is 0 Å². The molecule has 4 heteroatoms. The van der Waals surface area contributed by atoms with Crippen molar-refractivity contribution in [1.82, 2.24) is 10.6 Å². The van der Waals surface area contributed by atoms with Gasteiger partial charge >= 0.3 is 0 Å². The minimum Gasteiger partial charge on any atom is -0.382 e. The van der Waals surface area contributed by atoms with Crippen molar-refractivity contribution in [3.63, 3.8) is 0 Å². The number of carbonyl (C=O) groups excluding carboxylic acids is 1. The summed E-state index contributed by atoms with van der Waals surface area (Å²) in [5.41, 5.74) is 0. The van der Waals surface area contributed by atoms with Gasteiger partial charge in [-0.15, -0.1) is 0 Å². The average molecular weight is 214 g/mol. The maximum Gasteiger partial charge on any atom is 0.220 e. The van der Waals surface area contributed by atoms with Crippen LogP contribution in [0.3, 0.4) is 0 Å². The Hall–Kier alpha value is -0.610. The van der Waals surface area contributed by atoms with Crippen molar-refractivity contribution in [1.29, 1.82) is 0 Å². The van der Waals surface area contributed by atoms with Crippen LogP contribution in [0.4, 0.5) is 0 Å². The van der Waals surface area contributed by atoms with Crippen molar-refractivity contribution < 1.29 is 9.53 Å². The zero-order chi connectivity index (χ0) is 11.3. The number of hydrogen-bond acceptors (Lipinski definition) is 3. The summed E-state index contributed by atoms with van der Waals surface area (Å²) in [5, 5.41) is 6.32. The Morgan fingerprint density at radius 3 is 2.87 bits per heavy atom. The molecule has 0 saturated carbocycles. The van der Waals surface area contributed by atoms with Gasteiger partial charge in [-0.3, -0.25) is 4.79 Å². The van der Waals surface area contributed by atoms with Crippen LogP contribution in [-0.4, -0.2) is 38.3 Å². The molecular weight excluding hydrogens is 192 g/mol. The molecule has 1 aliphatic heterocycles. The lowest BCUT2D eigenvalue weighted by Crippen LogP contribution is -2.39. The Kier molecular flexibility index (Phi) is 5.05. The third-order valence-corrected chi connectivity index (χ3v) is 3.04. The second kappa shape index (κ2) is 6.08. The summed E-state index contributed by atoms with van der Waals surface area (Å²) < 4.78 is 5.10. The summed E-state index contributed by atoms with van der Waals surface area (Å²) in [6, 6.07) is 0.301. The monoisotopic (exact) mass is 214 g/mol. The zero-order valence-electron chi connectivity index (χ0n) is 9.88. The van der Waals surface area contributed by atoms with Gasteiger partial charge in [-0.1, -0.05) is 6.92 Å². The van der Waals surface area contributed by atoms with Gasteiger partial charge in [0.25, 0.3) is 0 Å². The molecule has 1 fully saturated rings. The van der Waals surface area contributed by atoms with E-state index in [1.165, 1.54) is 0 Å². The molecule has 3 atom stereocenters. The highest BCUT2D eigenvalue weighted by atomic mass is 16.5. The van der Waals surface area contributed by atoms with E-state index in [9.17, 15) is 4.79 Å². The van der Waals surface area contributed by atoms with Crippen LogP contribution in [-0.2, 0) is 9.53 Å². The van der Waals surface area contributed by atoms with E-state index in [0.29, 0.717) is 18.4 Å². The molecule has 1 rings (SSSR count).